The highest BCUT2D eigenvalue weighted by molar-refractivity contribution is 9.10. The maximum absolute atomic E-state index is 14.0. The molecule has 0 fully saturated rings. The Morgan fingerprint density at radius 2 is 1.75 bits per heavy atom. The van der Waals surface area contributed by atoms with E-state index in [-0.39, 0.29) is 16.8 Å². The molecule has 0 spiro atoms. The summed E-state index contributed by atoms with van der Waals surface area (Å²) in [5.74, 6) is -0.102. The zero-order valence-electron chi connectivity index (χ0n) is 13.3. The molecule has 0 bridgehead atoms. The summed E-state index contributed by atoms with van der Waals surface area (Å²) in [6, 6.07) is 5.21. The Bertz CT molecular complexity index is 433. The van der Waals surface area contributed by atoms with Gasteiger partial charge in [-0.15, -0.1) is 0 Å². The lowest BCUT2D eigenvalue weighted by atomic mass is 9.76. The third-order valence-corrected chi connectivity index (χ3v) is 4.56. The van der Waals surface area contributed by atoms with E-state index in [0.29, 0.717) is 0 Å². The highest BCUT2D eigenvalue weighted by atomic mass is 79.9. The van der Waals surface area contributed by atoms with Crippen LogP contribution in [0.1, 0.15) is 53.0 Å². The minimum atomic E-state index is -0.102. The Hall–Kier alpha value is -0.410. The number of benzene rings is 1. The van der Waals surface area contributed by atoms with E-state index in [9.17, 15) is 4.39 Å². The van der Waals surface area contributed by atoms with Crippen molar-refractivity contribution in [2.24, 2.45) is 5.41 Å². The zero-order valence-corrected chi connectivity index (χ0v) is 14.9. The summed E-state index contributed by atoms with van der Waals surface area (Å²) in [6.07, 6.45) is 2.85. The lowest BCUT2D eigenvalue weighted by Crippen LogP contribution is -2.44. The first-order chi connectivity index (χ1) is 9.21. The maximum atomic E-state index is 14.0. The fraction of sp³-hybridized carbons (Fsp3) is 0.647. The van der Waals surface area contributed by atoms with Gasteiger partial charge in [-0.05, 0) is 69.2 Å². The summed E-state index contributed by atoms with van der Waals surface area (Å²) in [4.78, 5) is 0. The van der Waals surface area contributed by atoms with Gasteiger partial charge < -0.3 is 5.32 Å². The normalized spacial score (nSPS) is 12.8. The lowest BCUT2D eigenvalue weighted by Gasteiger charge is -2.36. The van der Waals surface area contributed by atoms with Crippen molar-refractivity contribution in [3.63, 3.8) is 0 Å². The first kappa shape index (κ1) is 17.6. The molecule has 0 aliphatic rings. The molecule has 0 saturated carbocycles. The van der Waals surface area contributed by atoms with E-state index in [1.165, 1.54) is 0 Å². The molecule has 1 nitrogen and oxygen atoms in total. The Labute approximate surface area is 131 Å². The number of hydrogen-bond donors (Lipinski definition) is 1. The predicted octanol–water partition coefficient (Wildman–Crippen LogP) is 5.33. The van der Waals surface area contributed by atoms with Gasteiger partial charge >= 0.3 is 0 Å². The molecule has 1 rings (SSSR count). The van der Waals surface area contributed by atoms with Gasteiger partial charge in [-0.3, -0.25) is 0 Å². The van der Waals surface area contributed by atoms with E-state index < -0.39 is 0 Å². The van der Waals surface area contributed by atoms with Crippen molar-refractivity contribution in [2.75, 3.05) is 6.54 Å². The summed E-state index contributed by atoms with van der Waals surface area (Å²) in [6.45, 7) is 11.8. The molecule has 0 radical (unpaired) electrons. The number of halogens is 2. The molecule has 0 atom stereocenters. The molecule has 0 aromatic heterocycles. The van der Waals surface area contributed by atoms with Crippen molar-refractivity contribution in [3.05, 3.63) is 34.1 Å². The third-order valence-electron chi connectivity index (χ3n) is 4.07. The van der Waals surface area contributed by atoms with Gasteiger partial charge in [0.2, 0.25) is 0 Å². The van der Waals surface area contributed by atoms with Crippen molar-refractivity contribution in [3.8, 4) is 0 Å². The Kier molecular flexibility index (Phi) is 6.21. The van der Waals surface area contributed by atoms with Crippen molar-refractivity contribution in [2.45, 2.75) is 59.4 Å². The molecule has 3 heteroatoms. The van der Waals surface area contributed by atoms with E-state index in [1.807, 2.05) is 6.07 Å². The summed E-state index contributed by atoms with van der Waals surface area (Å²) < 4.78 is 14.9. The summed E-state index contributed by atoms with van der Waals surface area (Å²) in [5, 5.41) is 3.58. The Morgan fingerprint density at radius 3 is 2.25 bits per heavy atom. The molecule has 114 valence electrons. The highest BCUT2D eigenvalue weighted by Crippen LogP contribution is 2.32. The molecule has 1 aromatic rings. The Balaban J connectivity index is 2.93. The second kappa shape index (κ2) is 7.04. The molecule has 0 aliphatic carbocycles. The summed E-state index contributed by atoms with van der Waals surface area (Å²) in [5.41, 5.74) is 0.999. The van der Waals surface area contributed by atoms with E-state index in [1.54, 1.807) is 12.1 Å². The van der Waals surface area contributed by atoms with Crippen LogP contribution in [0.4, 0.5) is 4.39 Å². The van der Waals surface area contributed by atoms with Gasteiger partial charge in [-0.25, -0.2) is 4.39 Å². The van der Waals surface area contributed by atoms with E-state index in [4.69, 9.17) is 0 Å². The average Bonchev–Trinajstić information content (AvgIpc) is 2.38. The zero-order chi connectivity index (χ0) is 15.4. The second-order valence-electron chi connectivity index (χ2n) is 6.72. The van der Waals surface area contributed by atoms with Crippen LogP contribution in [0, 0.1) is 11.2 Å². The molecule has 0 amide bonds. The SMILES string of the molecule is CCC(CC)(CNC(C)(C)C)Cc1cc(Br)ccc1F. The smallest absolute Gasteiger partial charge is 0.126 e. The molecule has 0 aliphatic heterocycles. The molecular weight excluding hydrogens is 317 g/mol. The molecular formula is C17H27BrFN. The van der Waals surface area contributed by atoms with E-state index in [0.717, 1.165) is 35.8 Å². The van der Waals surface area contributed by atoms with Gasteiger partial charge in [0.1, 0.15) is 5.82 Å². The van der Waals surface area contributed by atoms with Crippen LogP contribution in [0.5, 0.6) is 0 Å². The van der Waals surface area contributed by atoms with Crippen LogP contribution in [0.2, 0.25) is 0 Å². The molecule has 1 N–H and O–H groups in total. The van der Waals surface area contributed by atoms with Crippen LogP contribution in [0.15, 0.2) is 22.7 Å². The van der Waals surface area contributed by atoms with Crippen molar-refractivity contribution >= 4 is 15.9 Å². The second-order valence-corrected chi connectivity index (χ2v) is 7.64. The monoisotopic (exact) mass is 343 g/mol. The standard InChI is InChI=1S/C17H27BrFN/c1-6-17(7-2,12-20-16(3,4)5)11-13-10-14(18)8-9-15(13)19/h8-10,20H,6-7,11-12H2,1-5H3. The van der Waals surface area contributed by atoms with Crippen molar-refractivity contribution in [1.29, 1.82) is 0 Å². The van der Waals surface area contributed by atoms with Gasteiger partial charge in [-0.1, -0.05) is 29.8 Å². The minimum Gasteiger partial charge on any atom is -0.312 e. The Morgan fingerprint density at radius 1 is 1.15 bits per heavy atom. The highest BCUT2D eigenvalue weighted by Gasteiger charge is 2.29. The number of rotatable bonds is 6. The van der Waals surface area contributed by atoms with E-state index >= 15 is 0 Å². The van der Waals surface area contributed by atoms with Crippen LogP contribution in [0.25, 0.3) is 0 Å². The fourth-order valence-electron chi connectivity index (χ4n) is 2.35. The molecule has 0 heterocycles. The number of nitrogens with one attached hydrogen (secondary N) is 1. The summed E-state index contributed by atoms with van der Waals surface area (Å²) in [7, 11) is 0. The van der Waals surface area contributed by atoms with E-state index in [2.05, 4.69) is 55.9 Å². The predicted molar refractivity (Wildman–Crippen MR) is 88.6 cm³/mol. The van der Waals surface area contributed by atoms with Crippen LogP contribution in [0.3, 0.4) is 0 Å². The number of hydrogen-bond acceptors (Lipinski definition) is 1. The van der Waals surface area contributed by atoms with Crippen LogP contribution in [-0.2, 0) is 6.42 Å². The van der Waals surface area contributed by atoms with Gasteiger partial charge in [0, 0.05) is 16.6 Å². The first-order valence-corrected chi connectivity index (χ1v) is 8.19. The van der Waals surface area contributed by atoms with Crippen molar-refractivity contribution < 1.29 is 4.39 Å². The minimum absolute atomic E-state index is 0.0887. The topological polar surface area (TPSA) is 12.0 Å². The van der Waals surface area contributed by atoms with Gasteiger partial charge in [0.15, 0.2) is 0 Å². The molecule has 1 aromatic carbocycles. The fourth-order valence-corrected chi connectivity index (χ4v) is 2.76. The largest absolute Gasteiger partial charge is 0.312 e. The molecule has 20 heavy (non-hydrogen) atoms. The first-order valence-electron chi connectivity index (χ1n) is 7.40. The third kappa shape index (κ3) is 5.17. The van der Waals surface area contributed by atoms with Crippen molar-refractivity contribution in [1.82, 2.24) is 5.32 Å². The average molecular weight is 344 g/mol. The van der Waals surface area contributed by atoms with Crippen LogP contribution >= 0.6 is 15.9 Å². The van der Waals surface area contributed by atoms with Crippen LogP contribution < -0.4 is 5.32 Å². The van der Waals surface area contributed by atoms with Gasteiger partial charge in [0.25, 0.3) is 0 Å². The quantitative estimate of drug-likeness (QED) is 0.736. The summed E-state index contributed by atoms with van der Waals surface area (Å²) >= 11 is 3.44. The maximum Gasteiger partial charge on any atom is 0.126 e. The molecule has 0 saturated heterocycles. The van der Waals surface area contributed by atoms with Gasteiger partial charge in [0.05, 0.1) is 0 Å². The lowest BCUT2D eigenvalue weighted by molar-refractivity contribution is 0.218. The van der Waals surface area contributed by atoms with Crippen LogP contribution in [-0.4, -0.2) is 12.1 Å². The van der Waals surface area contributed by atoms with Gasteiger partial charge in [-0.2, -0.15) is 0 Å². The molecule has 0 unspecified atom stereocenters.